The van der Waals surface area contributed by atoms with Crippen molar-refractivity contribution in [3.63, 3.8) is 0 Å². The molecule has 0 radical (unpaired) electrons. The number of rotatable bonds is 9. The van der Waals surface area contributed by atoms with E-state index in [0.29, 0.717) is 6.42 Å². The average Bonchev–Trinajstić information content (AvgIpc) is 2.46. The summed E-state index contributed by atoms with van der Waals surface area (Å²) in [6.07, 6.45) is 2.73. The molecule has 5 heteroatoms. The molecule has 0 aliphatic carbocycles. The number of hydrogen-bond acceptors (Lipinski definition) is 3. The van der Waals surface area contributed by atoms with Crippen LogP contribution in [0.4, 0.5) is 0 Å². The lowest BCUT2D eigenvalue weighted by Crippen LogP contribution is -2.47. The Bertz CT molecular complexity index is 482. The number of amides is 1. The summed E-state index contributed by atoms with van der Waals surface area (Å²) in [6, 6.07) is 7.10. The first-order valence-corrected chi connectivity index (χ1v) is 7.72. The van der Waals surface area contributed by atoms with Gasteiger partial charge in [0.2, 0.25) is 5.91 Å². The fourth-order valence-corrected chi connectivity index (χ4v) is 2.25. The van der Waals surface area contributed by atoms with Crippen molar-refractivity contribution in [3.8, 4) is 0 Å². The van der Waals surface area contributed by atoms with Crippen LogP contribution in [0.5, 0.6) is 0 Å². The number of carboxylic acids is 1. The van der Waals surface area contributed by atoms with Gasteiger partial charge in [0.15, 0.2) is 6.04 Å². The highest BCUT2D eigenvalue weighted by molar-refractivity contribution is 5.83. The third-order valence-electron chi connectivity index (χ3n) is 3.50. The molecule has 2 unspecified atom stereocenters. The Morgan fingerprint density at radius 1 is 1.14 bits per heavy atom. The van der Waals surface area contributed by atoms with Gasteiger partial charge < -0.3 is 15.5 Å². The molecule has 0 saturated heterocycles. The molecule has 0 heterocycles. The Kier molecular flexibility index (Phi) is 7.60. The molecule has 0 spiro atoms. The zero-order valence-corrected chi connectivity index (χ0v) is 13.2. The molecule has 0 bridgehead atoms. The normalized spacial score (nSPS) is 13.4. The summed E-state index contributed by atoms with van der Waals surface area (Å²) in [5.41, 5.74) is 2.48. The van der Waals surface area contributed by atoms with Gasteiger partial charge in [0.05, 0.1) is 6.10 Å². The molecule has 0 saturated carbocycles. The maximum Gasteiger partial charge on any atom is 0.328 e. The van der Waals surface area contributed by atoms with E-state index in [9.17, 15) is 14.7 Å². The Hall–Kier alpha value is -1.88. The van der Waals surface area contributed by atoms with Gasteiger partial charge in [-0.05, 0) is 37.3 Å². The number of carbonyl (C=O) groups excluding carboxylic acids is 1. The number of carboxylic acid groups (broad SMARTS) is 1. The quantitative estimate of drug-likeness (QED) is 0.650. The standard InChI is InChI=1S/C17H25NO4/c1-3-5-13-8-10-14(11-9-13)6-4-7-15(20)18-16(12(2)19)17(21)22/h8-12,16,19H,3-7H2,1-2H3,(H,18,20)(H,21,22). The van der Waals surface area contributed by atoms with Crippen molar-refractivity contribution in [2.45, 2.75) is 58.1 Å². The van der Waals surface area contributed by atoms with Crippen molar-refractivity contribution in [2.24, 2.45) is 0 Å². The fraction of sp³-hybridized carbons (Fsp3) is 0.529. The molecule has 0 aromatic heterocycles. The molecule has 0 fully saturated rings. The first-order valence-electron chi connectivity index (χ1n) is 7.72. The molecule has 1 rings (SSSR count). The first-order chi connectivity index (χ1) is 10.4. The topological polar surface area (TPSA) is 86.6 Å². The van der Waals surface area contributed by atoms with Crippen LogP contribution in [0, 0.1) is 0 Å². The molecule has 3 N–H and O–H groups in total. The molecule has 22 heavy (non-hydrogen) atoms. The van der Waals surface area contributed by atoms with Crippen LogP contribution in [-0.4, -0.2) is 34.2 Å². The second kappa shape index (κ2) is 9.20. The van der Waals surface area contributed by atoms with Crippen molar-refractivity contribution in [1.29, 1.82) is 0 Å². The average molecular weight is 307 g/mol. The summed E-state index contributed by atoms with van der Waals surface area (Å²) in [5.74, 6) is -1.58. The monoisotopic (exact) mass is 307 g/mol. The molecule has 1 aromatic carbocycles. The van der Waals surface area contributed by atoms with E-state index in [1.54, 1.807) is 0 Å². The molecule has 1 amide bonds. The van der Waals surface area contributed by atoms with Gasteiger partial charge in [-0.15, -0.1) is 0 Å². The van der Waals surface area contributed by atoms with Gasteiger partial charge in [-0.2, -0.15) is 0 Å². The van der Waals surface area contributed by atoms with Crippen molar-refractivity contribution >= 4 is 11.9 Å². The van der Waals surface area contributed by atoms with E-state index in [2.05, 4.69) is 36.5 Å². The summed E-state index contributed by atoms with van der Waals surface area (Å²) in [4.78, 5) is 22.6. The van der Waals surface area contributed by atoms with Gasteiger partial charge in [0.1, 0.15) is 0 Å². The van der Waals surface area contributed by atoms with Crippen LogP contribution in [0.15, 0.2) is 24.3 Å². The highest BCUT2D eigenvalue weighted by atomic mass is 16.4. The number of aliphatic hydroxyl groups is 1. The second-order valence-electron chi connectivity index (χ2n) is 5.54. The van der Waals surface area contributed by atoms with Crippen LogP contribution < -0.4 is 5.32 Å². The first kappa shape index (κ1) is 18.2. The number of hydrogen-bond donors (Lipinski definition) is 3. The molecule has 122 valence electrons. The minimum absolute atomic E-state index is 0.243. The van der Waals surface area contributed by atoms with Crippen LogP contribution in [0.3, 0.4) is 0 Å². The van der Waals surface area contributed by atoms with Gasteiger partial charge in [-0.3, -0.25) is 4.79 Å². The molecule has 5 nitrogen and oxygen atoms in total. The van der Waals surface area contributed by atoms with E-state index in [4.69, 9.17) is 5.11 Å². The van der Waals surface area contributed by atoms with Crippen molar-refractivity contribution < 1.29 is 19.8 Å². The van der Waals surface area contributed by atoms with Gasteiger partial charge in [0, 0.05) is 6.42 Å². The van der Waals surface area contributed by atoms with Crippen LogP contribution in [0.25, 0.3) is 0 Å². The Labute approximate surface area is 131 Å². The molecule has 2 atom stereocenters. The Morgan fingerprint density at radius 2 is 1.68 bits per heavy atom. The van der Waals surface area contributed by atoms with E-state index in [1.165, 1.54) is 12.5 Å². The molecular formula is C17H25NO4. The van der Waals surface area contributed by atoms with Crippen LogP contribution in [0.2, 0.25) is 0 Å². The van der Waals surface area contributed by atoms with E-state index in [0.717, 1.165) is 24.8 Å². The van der Waals surface area contributed by atoms with E-state index in [-0.39, 0.29) is 12.3 Å². The number of nitrogens with one attached hydrogen (secondary N) is 1. The summed E-state index contributed by atoms with van der Waals surface area (Å²) in [7, 11) is 0. The molecule has 0 aliphatic rings. The van der Waals surface area contributed by atoms with Gasteiger partial charge in [-0.1, -0.05) is 37.6 Å². The van der Waals surface area contributed by atoms with Crippen LogP contribution in [0.1, 0.15) is 44.2 Å². The summed E-state index contributed by atoms with van der Waals surface area (Å²) in [5, 5.41) is 20.5. The number of aliphatic carboxylic acids is 1. The summed E-state index contributed by atoms with van der Waals surface area (Å²) < 4.78 is 0. The molecule has 1 aromatic rings. The van der Waals surface area contributed by atoms with Crippen molar-refractivity contribution in [2.75, 3.05) is 0 Å². The minimum atomic E-state index is -1.25. The lowest BCUT2D eigenvalue weighted by Gasteiger charge is -2.16. The second-order valence-corrected chi connectivity index (χ2v) is 5.54. The van der Waals surface area contributed by atoms with E-state index >= 15 is 0 Å². The van der Waals surface area contributed by atoms with Gasteiger partial charge in [-0.25, -0.2) is 4.79 Å². The number of aliphatic hydroxyl groups excluding tert-OH is 1. The van der Waals surface area contributed by atoms with Crippen molar-refractivity contribution in [1.82, 2.24) is 5.32 Å². The number of benzene rings is 1. The van der Waals surface area contributed by atoms with E-state index in [1.807, 2.05) is 0 Å². The fourth-order valence-electron chi connectivity index (χ4n) is 2.25. The largest absolute Gasteiger partial charge is 0.480 e. The molecular weight excluding hydrogens is 282 g/mol. The maximum absolute atomic E-state index is 11.7. The van der Waals surface area contributed by atoms with Crippen LogP contribution in [-0.2, 0) is 22.4 Å². The lowest BCUT2D eigenvalue weighted by atomic mass is 10.0. The van der Waals surface area contributed by atoms with Crippen molar-refractivity contribution in [3.05, 3.63) is 35.4 Å². The third kappa shape index (κ3) is 6.26. The number of carbonyl (C=O) groups is 2. The smallest absolute Gasteiger partial charge is 0.328 e. The predicted octanol–water partition coefficient (Wildman–Crippen LogP) is 1.91. The van der Waals surface area contributed by atoms with Gasteiger partial charge in [0.25, 0.3) is 0 Å². The Balaban J connectivity index is 2.36. The predicted molar refractivity (Wildman–Crippen MR) is 84.6 cm³/mol. The van der Waals surface area contributed by atoms with Crippen LogP contribution >= 0.6 is 0 Å². The lowest BCUT2D eigenvalue weighted by molar-refractivity contribution is -0.144. The highest BCUT2D eigenvalue weighted by Gasteiger charge is 2.24. The highest BCUT2D eigenvalue weighted by Crippen LogP contribution is 2.09. The molecule has 0 aliphatic heterocycles. The van der Waals surface area contributed by atoms with E-state index < -0.39 is 18.1 Å². The number of aryl methyl sites for hydroxylation is 2. The summed E-state index contributed by atoms with van der Waals surface area (Å²) >= 11 is 0. The zero-order chi connectivity index (χ0) is 16.5. The Morgan fingerprint density at radius 3 is 2.14 bits per heavy atom. The minimum Gasteiger partial charge on any atom is -0.480 e. The third-order valence-corrected chi connectivity index (χ3v) is 3.50. The summed E-state index contributed by atoms with van der Waals surface area (Å²) in [6.45, 7) is 3.49. The van der Waals surface area contributed by atoms with Gasteiger partial charge >= 0.3 is 5.97 Å². The SMILES string of the molecule is CCCc1ccc(CCCC(=O)NC(C(=O)O)C(C)O)cc1. The maximum atomic E-state index is 11.7. The zero-order valence-electron chi connectivity index (χ0n) is 13.2.